The van der Waals surface area contributed by atoms with Crippen molar-refractivity contribution in [2.24, 2.45) is 0 Å². The summed E-state index contributed by atoms with van der Waals surface area (Å²) in [5.74, 6) is 0.630. The monoisotopic (exact) mass is 419 g/mol. The quantitative estimate of drug-likeness (QED) is 0.777. The number of halogens is 1. The van der Waals surface area contributed by atoms with Gasteiger partial charge in [0.25, 0.3) is 0 Å². The minimum atomic E-state index is -0.824. The minimum Gasteiger partial charge on any atom is -0.477 e. The molecule has 6 nitrogen and oxygen atoms in total. The first-order valence-electron chi connectivity index (χ1n) is 8.62. The van der Waals surface area contributed by atoms with Gasteiger partial charge in [0.15, 0.2) is 0 Å². The predicted octanol–water partition coefficient (Wildman–Crippen LogP) is 3.26. The van der Waals surface area contributed by atoms with Gasteiger partial charge in [-0.25, -0.2) is 9.78 Å². The Bertz CT molecular complexity index is 714. The number of benzene rings is 1. The number of aromatic nitrogens is 1. The largest absolute Gasteiger partial charge is 0.477 e. The summed E-state index contributed by atoms with van der Waals surface area (Å²) in [5.41, 5.74) is 2.47. The van der Waals surface area contributed by atoms with E-state index in [4.69, 9.17) is 9.84 Å². The maximum absolute atomic E-state index is 10.9. The van der Waals surface area contributed by atoms with Crippen LogP contribution in [0.1, 0.15) is 11.1 Å². The van der Waals surface area contributed by atoms with Crippen molar-refractivity contribution in [2.45, 2.75) is 13.0 Å². The van der Waals surface area contributed by atoms with E-state index in [1.165, 1.54) is 16.0 Å². The number of amides is 1. The minimum absolute atomic E-state index is 0.578. The van der Waals surface area contributed by atoms with Crippen molar-refractivity contribution in [3.8, 4) is 5.88 Å². The number of piperazine rings is 1. The van der Waals surface area contributed by atoms with Crippen LogP contribution in [0.25, 0.3) is 0 Å². The van der Waals surface area contributed by atoms with Crippen LogP contribution in [0.4, 0.5) is 4.79 Å². The SMILES string of the molecule is O=C(O)N1CCN(Cc2ccc(CCOc3ccc(Br)cn3)cc2)CC1. The van der Waals surface area contributed by atoms with Gasteiger partial charge in [0.1, 0.15) is 0 Å². The van der Waals surface area contributed by atoms with Crippen LogP contribution in [0.15, 0.2) is 47.1 Å². The molecule has 138 valence electrons. The van der Waals surface area contributed by atoms with Crippen molar-refractivity contribution in [3.63, 3.8) is 0 Å². The van der Waals surface area contributed by atoms with Gasteiger partial charge in [-0.3, -0.25) is 4.90 Å². The molecule has 3 rings (SSSR count). The number of hydrogen-bond donors (Lipinski definition) is 1. The average Bonchev–Trinajstić information content (AvgIpc) is 2.65. The van der Waals surface area contributed by atoms with E-state index in [2.05, 4.69) is 50.1 Å². The topological polar surface area (TPSA) is 65.9 Å². The van der Waals surface area contributed by atoms with Gasteiger partial charge in [-0.05, 0) is 33.1 Å². The summed E-state index contributed by atoms with van der Waals surface area (Å²) in [5, 5.41) is 8.99. The Morgan fingerprint density at radius 3 is 2.38 bits per heavy atom. The van der Waals surface area contributed by atoms with E-state index in [1.54, 1.807) is 6.20 Å². The lowest BCUT2D eigenvalue weighted by molar-refractivity contribution is 0.103. The number of carbonyl (C=O) groups is 1. The molecule has 0 atom stereocenters. The summed E-state index contributed by atoms with van der Waals surface area (Å²) in [6.45, 7) is 4.16. The fourth-order valence-corrected chi connectivity index (χ4v) is 3.12. The molecule has 0 spiro atoms. The van der Waals surface area contributed by atoms with Gasteiger partial charge in [-0.2, -0.15) is 0 Å². The Labute approximate surface area is 161 Å². The number of hydrogen-bond acceptors (Lipinski definition) is 4. The van der Waals surface area contributed by atoms with Crippen molar-refractivity contribution in [1.82, 2.24) is 14.8 Å². The molecule has 1 aromatic carbocycles. The molecule has 0 saturated carbocycles. The number of pyridine rings is 1. The standard InChI is InChI=1S/C19H22BrN3O3/c20-17-5-6-18(21-13-17)26-12-7-15-1-3-16(4-2-15)14-22-8-10-23(11-9-22)19(24)25/h1-6,13H,7-12,14H2,(H,24,25). The van der Waals surface area contributed by atoms with Crippen LogP contribution in [-0.2, 0) is 13.0 Å². The lowest BCUT2D eigenvalue weighted by Gasteiger charge is -2.33. The second-order valence-corrected chi connectivity index (χ2v) is 7.19. The van der Waals surface area contributed by atoms with Gasteiger partial charge >= 0.3 is 6.09 Å². The molecule has 1 saturated heterocycles. The Hall–Kier alpha value is -2.12. The summed E-state index contributed by atoms with van der Waals surface area (Å²) < 4.78 is 6.59. The molecule has 0 bridgehead atoms. The Balaban J connectivity index is 1.42. The third-order valence-corrected chi connectivity index (χ3v) is 4.88. The summed E-state index contributed by atoms with van der Waals surface area (Å²) in [6.07, 6.45) is 1.73. The molecular formula is C19H22BrN3O3. The summed E-state index contributed by atoms with van der Waals surface area (Å²) in [6, 6.07) is 12.3. The molecule has 1 aromatic heterocycles. The van der Waals surface area contributed by atoms with Crippen LogP contribution in [0.3, 0.4) is 0 Å². The number of rotatable bonds is 6. The molecule has 1 N–H and O–H groups in total. The van der Waals surface area contributed by atoms with Crippen LogP contribution < -0.4 is 4.74 Å². The van der Waals surface area contributed by atoms with E-state index >= 15 is 0 Å². The first-order valence-corrected chi connectivity index (χ1v) is 9.42. The van der Waals surface area contributed by atoms with E-state index in [0.29, 0.717) is 25.6 Å². The Kier molecular flexibility index (Phi) is 6.46. The smallest absolute Gasteiger partial charge is 0.407 e. The average molecular weight is 420 g/mol. The van der Waals surface area contributed by atoms with Gasteiger partial charge in [0, 0.05) is 55.9 Å². The zero-order valence-electron chi connectivity index (χ0n) is 14.5. The second kappa shape index (κ2) is 9.00. The third kappa shape index (κ3) is 5.44. The number of ether oxygens (including phenoxy) is 1. The summed E-state index contributed by atoms with van der Waals surface area (Å²) in [7, 11) is 0. The molecule has 2 heterocycles. The molecule has 2 aromatic rings. The van der Waals surface area contributed by atoms with E-state index in [-0.39, 0.29) is 0 Å². The van der Waals surface area contributed by atoms with Gasteiger partial charge in [0.05, 0.1) is 6.61 Å². The van der Waals surface area contributed by atoms with Gasteiger partial charge in [-0.1, -0.05) is 24.3 Å². The van der Waals surface area contributed by atoms with Crippen molar-refractivity contribution >= 4 is 22.0 Å². The molecule has 0 radical (unpaired) electrons. The summed E-state index contributed by atoms with van der Waals surface area (Å²) in [4.78, 5) is 18.9. The van der Waals surface area contributed by atoms with E-state index in [9.17, 15) is 4.79 Å². The van der Waals surface area contributed by atoms with E-state index in [0.717, 1.165) is 30.5 Å². The van der Waals surface area contributed by atoms with Crippen LogP contribution in [0, 0.1) is 0 Å². The fraction of sp³-hybridized carbons (Fsp3) is 0.368. The third-order valence-electron chi connectivity index (χ3n) is 4.41. The first kappa shape index (κ1) is 18.7. The molecule has 7 heteroatoms. The van der Waals surface area contributed by atoms with Gasteiger partial charge < -0.3 is 14.7 Å². The molecule has 0 unspecified atom stereocenters. The van der Waals surface area contributed by atoms with E-state index < -0.39 is 6.09 Å². The van der Waals surface area contributed by atoms with Crippen molar-refractivity contribution in [2.75, 3.05) is 32.8 Å². The molecule has 1 aliphatic heterocycles. The van der Waals surface area contributed by atoms with Crippen molar-refractivity contribution < 1.29 is 14.6 Å². The highest BCUT2D eigenvalue weighted by Gasteiger charge is 2.20. The molecule has 1 fully saturated rings. The van der Waals surface area contributed by atoms with Crippen LogP contribution in [-0.4, -0.2) is 58.8 Å². The molecule has 0 aliphatic carbocycles. The number of nitrogens with zero attached hydrogens (tertiary/aromatic N) is 3. The zero-order chi connectivity index (χ0) is 18.4. The summed E-state index contributed by atoms with van der Waals surface area (Å²) >= 11 is 3.35. The highest BCUT2D eigenvalue weighted by atomic mass is 79.9. The number of carboxylic acid groups (broad SMARTS) is 1. The highest BCUT2D eigenvalue weighted by Crippen LogP contribution is 2.14. The molecule has 1 amide bonds. The van der Waals surface area contributed by atoms with Crippen molar-refractivity contribution in [1.29, 1.82) is 0 Å². The zero-order valence-corrected chi connectivity index (χ0v) is 16.1. The van der Waals surface area contributed by atoms with Crippen LogP contribution in [0.5, 0.6) is 5.88 Å². The molecule has 1 aliphatic rings. The first-order chi connectivity index (χ1) is 12.6. The maximum Gasteiger partial charge on any atom is 0.407 e. The van der Waals surface area contributed by atoms with Gasteiger partial charge in [-0.15, -0.1) is 0 Å². The molecular weight excluding hydrogens is 398 g/mol. The van der Waals surface area contributed by atoms with Gasteiger partial charge in [0.2, 0.25) is 5.88 Å². The van der Waals surface area contributed by atoms with Crippen LogP contribution in [0.2, 0.25) is 0 Å². The normalized spacial score (nSPS) is 15.0. The highest BCUT2D eigenvalue weighted by molar-refractivity contribution is 9.10. The van der Waals surface area contributed by atoms with Crippen LogP contribution >= 0.6 is 15.9 Å². The Morgan fingerprint density at radius 2 is 1.77 bits per heavy atom. The second-order valence-electron chi connectivity index (χ2n) is 6.28. The Morgan fingerprint density at radius 1 is 1.08 bits per heavy atom. The maximum atomic E-state index is 10.9. The van der Waals surface area contributed by atoms with Crippen molar-refractivity contribution in [3.05, 3.63) is 58.2 Å². The fourth-order valence-electron chi connectivity index (χ4n) is 2.89. The predicted molar refractivity (Wildman–Crippen MR) is 102 cm³/mol. The van der Waals surface area contributed by atoms with E-state index in [1.807, 2.05) is 12.1 Å². The lowest BCUT2D eigenvalue weighted by Crippen LogP contribution is -2.47. The molecule has 26 heavy (non-hydrogen) atoms. The lowest BCUT2D eigenvalue weighted by atomic mass is 10.1.